The van der Waals surface area contributed by atoms with Gasteiger partial charge in [0.15, 0.2) is 0 Å². The predicted octanol–water partition coefficient (Wildman–Crippen LogP) is 3.97. The summed E-state index contributed by atoms with van der Waals surface area (Å²) in [7, 11) is 1.66. The van der Waals surface area contributed by atoms with Crippen LogP contribution in [-0.4, -0.2) is 13.2 Å². The molecule has 1 atom stereocenters. The van der Waals surface area contributed by atoms with E-state index >= 15 is 0 Å². The Bertz CT molecular complexity index is 414. The average Bonchev–Trinajstić information content (AvgIpc) is 2.16. The van der Waals surface area contributed by atoms with Crippen LogP contribution < -0.4 is 10.5 Å². The topological polar surface area (TPSA) is 35.2 Å². The molecular weight excluding hydrogens is 334 g/mol. The van der Waals surface area contributed by atoms with E-state index in [1.54, 1.807) is 7.11 Å². The van der Waals surface area contributed by atoms with Crippen LogP contribution >= 0.6 is 31.9 Å². The Morgan fingerprint density at radius 2 is 2.06 bits per heavy atom. The molecule has 2 N–H and O–H groups in total. The molecule has 0 spiro atoms. The van der Waals surface area contributed by atoms with Gasteiger partial charge in [0, 0.05) is 16.1 Å². The number of halogens is 2. The molecule has 0 radical (unpaired) electrons. The van der Waals surface area contributed by atoms with Crippen LogP contribution in [0.2, 0.25) is 0 Å². The monoisotopic (exact) mass is 347 g/mol. The van der Waals surface area contributed by atoms with Gasteiger partial charge in [-0.25, -0.2) is 0 Å². The number of ether oxygens (including phenoxy) is 1. The Balaban J connectivity index is 3.27. The second-order valence-corrected chi connectivity index (χ2v) is 5.46. The Labute approximate surface area is 113 Å². The van der Waals surface area contributed by atoms with E-state index in [4.69, 9.17) is 10.5 Å². The maximum absolute atomic E-state index is 5.82. The lowest BCUT2D eigenvalue weighted by Crippen LogP contribution is -2.15. The maximum Gasteiger partial charge on any atom is 0.140 e. The third kappa shape index (κ3) is 3.34. The first-order chi connectivity index (χ1) is 7.45. The number of hydrogen-bond acceptors (Lipinski definition) is 2. The molecule has 0 aromatic heterocycles. The van der Waals surface area contributed by atoms with Gasteiger partial charge in [-0.2, -0.15) is 0 Å². The normalized spacial score (nSPS) is 13.8. The summed E-state index contributed by atoms with van der Waals surface area (Å²) in [5.41, 5.74) is 7.95. The molecule has 0 amide bonds. The van der Waals surface area contributed by atoms with E-state index in [1.165, 1.54) is 0 Å². The standard InChI is InChI=1S/C12H15Br2NO/c1-7(8(2)15)4-9-5-10(13)6-11(14)12(9)16-3/h4-6,8H,15H2,1-3H3/b7-4-. The van der Waals surface area contributed by atoms with Gasteiger partial charge in [-0.3, -0.25) is 0 Å². The molecule has 1 rings (SSSR count). The van der Waals surface area contributed by atoms with Crippen molar-refractivity contribution in [1.29, 1.82) is 0 Å². The highest BCUT2D eigenvalue weighted by atomic mass is 79.9. The minimum atomic E-state index is 0.0439. The summed E-state index contributed by atoms with van der Waals surface area (Å²) in [5, 5.41) is 0. The van der Waals surface area contributed by atoms with Gasteiger partial charge >= 0.3 is 0 Å². The molecule has 1 unspecified atom stereocenters. The summed E-state index contributed by atoms with van der Waals surface area (Å²) in [4.78, 5) is 0. The Kier molecular flexibility index (Phi) is 5.02. The first-order valence-corrected chi connectivity index (χ1v) is 6.51. The molecule has 0 saturated carbocycles. The van der Waals surface area contributed by atoms with Crippen molar-refractivity contribution in [1.82, 2.24) is 0 Å². The smallest absolute Gasteiger partial charge is 0.140 e. The van der Waals surface area contributed by atoms with Crippen LogP contribution in [0.1, 0.15) is 19.4 Å². The number of benzene rings is 1. The Morgan fingerprint density at radius 1 is 1.44 bits per heavy atom. The summed E-state index contributed by atoms with van der Waals surface area (Å²) in [5.74, 6) is 0.822. The van der Waals surface area contributed by atoms with Crippen molar-refractivity contribution in [3.8, 4) is 5.75 Å². The zero-order valence-electron chi connectivity index (χ0n) is 9.55. The molecule has 0 bridgehead atoms. The predicted molar refractivity (Wildman–Crippen MR) is 75.7 cm³/mol. The van der Waals surface area contributed by atoms with Crippen LogP contribution in [0.4, 0.5) is 0 Å². The van der Waals surface area contributed by atoms with Crippen molar-refractivity contribution in [2.45, 2.75) is 19.9 Å². The molecular formula is C12H15Br2NO. The minimum absolute atomic E-state index is 0.0439. The summed E-state index contributed by atoms with van der Waals surface area (Å²) in [6.45, 7) is 3.98. The number of rotatable bonds is 3. The fraction of sp³-hybridized carbons (Fsp3) is 0.333. The minimum Gasteiger partial charge on any atom is -0.495 e. The van der Waals surface area contributed by atoms with E-state index in [0.717, 1.165) is 25.8 Å². The molecule has 16 heavy (non-hydrogen) atoms. The van der Waals surface area contributed by atoms with Crippen molar-refractivity contribution in [2.24, 2.45) is 5.73 Å². The summed E-state index contributed by atoms with van der Waals surface area (Å²) >= 11 is 6.93. The molecule has 0 aliphatic rings. The SMILES string of the molecule is COc1c(Br)cc(Br)cc1/C=C(/C)C(C)N. The lowest BCUT2D eigenvalue weighted by molar-refractivity contribution is 0.411. The zero-order valence-corrected chi connectivity index (χ0v) is 12.7. The Morgan fingerprint density at radius 3 is 2.56 bits per heavy atom. The first kappa shape index (κ1) is 13.7. The van der Waals surface area contributed by atoms with E-state index in [-0.39, 0.29) is 6.04 Å². The summed E-state index contributed by atoms with van der Waals surface area (Å²) in [6.07, 6.45) is 2.04. The molecule has 1 aromatic carbocycles. The van der Waals surface area contributed by atoms with Gasteiger partial charge in [0.25, 0.3) is 0 Å². The highest BCUT2D eigenvalue weighted by molar-refractivity contribution is 9.11. The van der Waals surface area contributed by atoms with Gasteiger partial charge in [0.1, 0.15) is 5.75 Å². The molecule has 0 heterocycles. The van der Waals surface area contributed by atoms with Gasteiger partial charge in [-0.05, 0) is 41.9 Å². The number of nitrogens with two attached hydrogens (primary N) is 1. The quantitative estimate of drug-likeness (QED) is 0.896. The van der Waals surface area contributed by atoms with Gasteiger partial charge in [-0.1, -0.05) is 27.6 Å². The van der Waals surface area contributed by atoms with Crippen molar-refractivity contribution >= 4 is 37.9 Å². The molecule has 88 valence electrons. The third-order valence-electron chi connectivity index (χ3n) is 2.34. The van der Waals surface area contributed by atoms with Crippen LogP contribution in [-0.2, 0) is 0 Å². The van der Waals surface area contributed by atoms with E-state index < -0.39 is 0 Å². The second-order valence-electron chi connectivity index (χ2n) is 3.69. The third-order valence-corrected chi connectivity index (χ3v) is 3.39. The van der Waals surface area contributed by atoms with Crippen LogP contribution in [0.3, 0.4) is 0 Å². The highest BCUT2D eigenvalue weighted by Gasteiger charge is 2.08. The van der Waals surface area contributed by atoms with E-state index in [2.05, 4.69) is 31.9 Å². The molecule has 0 fully saturated rings. The maximum atomic E-state index is 5.82. The fourth-order valence-corrected chi connectivity index (χ4v) is 2.70. The van der Waals surface area contributed by atoms with Gasteiger partial charge in [-0.15, -0.1) is 0 Å². The van der Waals surface area contributed by atoms with Crippen molar-refractivity contribution in [2.75, 3.05) is 7.11 Å². The molecule has 0 aliphatic carbocycles. The lowest BCUT2D eigenvalue weighted by Gasteiger charge is -2.11. The summed E-state index contributed by atoms with van der Waals surface area (Å²) in [6, 6.07) is 4.01. The number of methoxy groups -OCH3 is 1. The molecule has 2 nitrogen and oxygen atoms in total. The fourth-order valence-electron chi connectivity index (χ4n) is 1.28. The van der Waals surface area contributed by atoms with Crippen LogP contribution in [0.5, 0.6) is 5.75 Å². The molecule has 1 aromatic rings. The first-order valence-electron chi connectivity index (χ1n) is 4.92. The number of hydrogen-bond donors (Lipinski definition) is 1. The van der Waals surface area contributed by atoms with Gasteiger partial charge in [0.2, 0.25) is 0 Å². The van der Waals surface area contributed by atoms with E-state index in [0.29, 0.717) is 0 Å². The lowest BCUT2D eigenvalue weighted by atomic mass is 10.1. The van der Waals surface area contributed by atoms with Crippen molar-refractivity contribution in [3.63, 3.8) is 0 Å². The molecule has 0 saturated heterocycles. The molecule has 0 aliphatic heterocycles. The van der Waals surface area contributed by atoms with Crippen LogP contribution in [0, 0.1) is 0 Å². The van der Waals surface area contributed by atoms with Crippen LogP contribution in [0.15, 0.2) is 26.7 Å². The summed E-state index contributed by atoms with van der Waals surface area (Å²) < 4.78 is 7.29. The van der Waals surface area contributed by atoms with E-state index in [1.807, 2.05) is 32.1 Å². The van der Waals surface area contributed by atoms with Gasteiger partial charge in [0.05, 0.1) is 11.6 Å². The zero-order chi connectivity index (χ0) is 12.3. The van der Waals surface area contributed by atoms with Gasteiger partial charge < -0.3 is 10.5 Å². The second kappa shape index (κ2) is 5.84. The van der Waals surface area contributed by atoms with Crippen molar-refractivity contribution in [3.05, 3.63) is 32.2 Å². The van der Waals surface area contributed by atoms with E-state index in [9.17, 15) is 0 Å². The average molecular weight is 349 g/mol. The molecule has 4 heteroatoms. The Hall–Kier alpha value is -0.320. The van der Waals surface area contributed by atoms with Crippen LogP contribution in [0.25, 0.3) is 6.08 Å². The highest BCUT2D eigenvalue weighted by Crippen LogP contribution is 2.34. The van der Waals surface area contributed by atoms with Crippen molar-refractivity contribution < 1.29 is 4.74 Å². The largest absolute Gasteiger partial charge is 0.495 e.